The summed E-state index contributed by atoms with van der Waals surface area (Å²) in [6.07, 6.45) is -3.08. The number of amides is 1. The Morgan fingerprint density at radius 1 is 1.13 bits per heavy atom. The van der Waals surface area contributed by atoms with Crippen LogP contribution in [0.4, 0.5) is 33.3 Å². The Morgan fingerprint density at radius 2 is 1.84 bits per heavy atom. The molecule has 0 unspecified atom stereocenters. The van der Waals surface area contributed by atoms with Crippen LogP contribution in [-0.4, -0.2) is 33.6 Å². The summed E-state index contributed by atoms with van der Waals surface area (Å²) < 4.78 is 72.2. The Hall–Kier alpha value is -3.57. The van der Waals surface area contributed by atoms with Gasteiger partial charge in [-0.2, -0.15) is 13.2 Å². The third kappa shape index (κ3) is 3.47. The molecule has 1 saturated heterocycles. The van der Waals surface area contributed by atoms with Gasteiger partial charge in [-0.05, 0) is 43.3 Å². The number of rotatable bonds is 4. The van der Waals surface area contributed by atoms with Crippen LogP contribution in [0.3, 0.4) is 0 Å². The van der Waals surface area contributed by atoms with Crippen molar-refractivity contribution in [2.24, 2.45) is 0 Å². The van der Waals surface area contributed by atoms with E-state index < -0.39 is 41.4 Å². The van der Waals surface area contributed by atoms with Gasteiger partial charge in [-0.15, -0.1) is 10.2 Å². The van der Waals surface area contributed by atoms with Gasteiger partial charge in [0.2, 0.25) is 11.8 Å². The molecule has 7 nitrogen and oxygen atoms in total. The van der Waals surface area contributed by atoms with Crippen LogP contribution in [0.15, 0.2) is 47.0 Å². The maximum Gasteiger partial charge on any atom is 0.416 e. The van der Waals surface area contributed by atoms with Crippen molar-refractivity contribution in [2.45, 2.75) is 24.4 Å². The zero-order valence-electron chi connectivity index (χ0n) is 15.8. The molecule has 1 aliphatic heterocycles. The summed E-state index contributed by atoms with van der Waals surface area (Å²) in [5, 5.41) is 12.3. The summed E-state index contributed by atoms with van der Waals surface area (Å²) in [4.78, 5) is 16.1. The van der Waals surface area contributed by atoms with Gasteiger partial charge < -0.3 is 15.1 Å². The summed E-state index contributed by atoms with van der Waals surface area (Å²) in [6.45, 7) is 0.150. The van der Waals surface area contributed by atoms with Crippen molar-refractivity contribution >= 4 is 17.3 Å². The largest absolute Gasteiger partial charge is 0.418 e. The highest BCUT2D eigenvalue weighted by atomic mass is 19.4. The number of carbonyl (C=O) groups is 1. The van der Waals surface area contributed by atoms with Crippen molar-refractivity contribution in [1.82, 2.24) is 20.5 Å². The number of pyridine rings is 1. The smallest absolute Gasteiger partial charge is 0.416 e. The van der Waals surface area contributed by atoms with E-state index in [1.54, 1.807) is 12.1 Å². The molecule has 0 bridgehead atoms. The second-order valence-electron chi connectivity index (χ2n) is 7.02. The van der Waals surface area contributed by atoms with Crippen LogP contribution >= 0.6 is 0 Å². The number of hydrogen-bond donors (Lipinski definition) is 2. The fraction of sp³-hybridized carbons (Fsp3) is 0.263. The zero-order valence-corrected chi connectivity index (χ0v) is 15.8. The number of halogens is 5. The molecule has 1 amide bonds. The maximum absolute atomic E-state index is 14.3. The summed E-state index contributed by atoms with van der Waals surface area (Å²) >= 11 is 0. The topological polar surface area (TPSA) is 92.9 Å². The Balaban J connectivity index is 1.65. The molecule has 0 saturated carbocycles. The molecule has 0 aliphatic carbocycles. The number of carbonyl (C=O) groups excluding carboxylic acids is 1. The van der Waals surface area contributed by atoms with Gasteiger partial charge in [-0.25, -0.2) is 13.8 Å². The minimum absolute atomic E-state index is 0.0754. The number of nitrogens with one attached hydrogen (secondary N) is 2. The van der Waals surface area contributed by atoms with Gasteiger partial charge >= 0.3 is 6.18 Å². The van der Waals surface area contributed by atoms with Gasteiger partial charge in [0, 0.05) is 11.9 Å². The van der Waals surface area contributed by atoms with Gasteiger partial charge in [0.05, 0.1) is 17.8 Å². The highest BCUT2D eigenvalue weighted by molar-refractivity contribution is 5.90. The number of anilines is 2. The van der Waals surface area contributed by atoms with Gasteiger partial charge in [-0.3, -0.25) is 4.79 Å². The van der Waals surface area contributed by atoms with E-state index in [1.807, 2.05) is 0 Å². The van der Waals surface area contributed by atoms with Crippen molar-refractivity contribution < 1.29 is 31.2 Å². The van der Waals surface area contributed by atoms with E-state index in [4.69, 9.17) is 4.42 Å². The van der Waals surface area contributed by atoms with Gasteiger partial charge in [0.1, 0.15) is 0 Å². The standard InChI is InChI=1S/C19H14F5N5O2/c1-17(15(30)26-9-18(17,20)21)16-29-28-14(31-16)13-12(3-2-8-25-13)27-11-6-4-10(5-7-11)19(22,23)24/h2-8,27H,9H2,1H3,(H,26,30)/t17-/m1/s1. The Bertz CT molecular complexity index is 1130. The van der Waals surface area contributed by atoms with Crippen molar-refractivity contribution in [3.05, 3.63) is 54.0 Å². The second kappa shape index (κ2) is 7.00. The highest BCUT2D eigenvalue weighted by Crippen LogP contribution is 2.43. The first-order valence-electron chi connectivity index (χ1n) is 8.92. The Morgan fingerprint density at radius 3 is 2.45 bits per heavy atom. The van der Waals surface area contributed by atoms with E-state index in [0.717, 1.165) is 19.1 Å². The lowest BCUT2D eigenvalue weighted by Crippen LogP contribution is -2.44. The van der Waals surface area contributed by atoms with E-state index >= 15 is 0 Å². The van der Waals surface area contributed by atoms with Crippen molar-refractivity contribution in [1.29, 1.82) is 0 Å². The number of hydrogen-bond acceptors (Lipinski definition) is 6. The van der Waals surface area contributed by atoms with Gasteiger partial charge in [0.15, 0.2) is 11.1 Å². The number of nitrogens with zero attached hydrogens (tertiary/aromatic N) is 3. The van der Waals surface area contributed by atoms with E-state index in [-0.39, 0.29) is 17.3 Å². The number of aromatic nitrogens is 3. The van der Waals surface area contributed by atoms with Crippen LogP contribution in [-0.2, 0) is 16.4 Å². The molecule has 3 heterocycles. The molecule has 1 atom stereocenters. The predicted octanol–water partition coefficient (Wildman–Crippen LogP) is 3.92. The van der Waals surface area contributed by atoms with Crippen LogP contribution in [0.25, 0.3) is 11.6 Å². The normalized spacial score (nSPS) is 20.5. The minimum Gasteiger partial charge on any atom is -0.418 e. The number of alkyl halides is 5. The molecule has 2 N–H and O–H groups in total. The molecular formula is C19H14F5N5O2. The molecule has 12 heteroatoms. The van der Waals surface area contributed by atoms with Crippen molar-refractivity contribution in [2.75, 3.05) is 11.9 Å². The molecule has 0 radical (unpaired) electrons. The van der Waals surface area contributed by atoms with Crippen LogP contribution < -0.4 is 10.6 Å². The molecule has 31 heavy (non-hydrogen) atoms. The van der Waals surface area contributed by atoms with E-state index in [0.29, 0.717) is 5.69 Å². The Labute approximate surface area is 171 Å². The lowest BCUT2D eigenvalue weighted by molar-refractivity contribution is -0.137. The van der Waals surface area contributed by atoms with Crippen LogP contribution in [0.1, 0.15) is 18.4 Å². The van der Waals surface area contributed by atoms with Crippen LogP contribution in [0.5, 0.6) is 0 Å². The van der Waals surface area contributed by atoms with E-state index in [1.165, 1.54) is 18.3 Å². The average Bonchev–Trinajstić information content (AvgIpc) is 3.28. The quantitative estimate of drug-likeness (QED) is 0.599. The third-order valence-corrected chi connectivity index (χ3v) is 5.01. The number of benzene rings is 1. The summed E-state index contributed by atoms with van der Waals surface area (Å²) in [5.74, 6) is -5.20. The minimum atomic E-state index is -4.47. The highest BCUT2D eigenvalue weighted by Gasteiger charge is 2.64. The van der Waals surface area contributed by atoms with E-state index in [9.17, 15) is 26.7 Å². The van der Waals surface area contributed by atoms with Gasteiger partial charge in [0.25, 0.3) is 11.8 Å². The first-order valence-corrected chi connectivity index (χ1v) is 8.92. The molecule has 4 rings (SSSR count). The molecule has 2 aromatic heterocycles. The molecule has 0 spiro atoms. The predicted molar refractivity (Wildman–Crippen MR) is 97.6 cm³/mol. The van der Waals surface area contributed by atoms with E-state index in [2.05, 4.69) is 25.8 Å². The SMILES string of the molecule is C[C@]1(c2nnc(-c3ncccc3Nc3ccc(C(F)(F)F)cc3)o2)C(=O)NCC1(F)F. The fourth-order valence-electron chi connectivity index (χ4n) is 3.06. The maximum atomic E-state index is 14.3. The van der Waals surface area contributed by atoms with Gasteiger partial charge in [-0.1, -0.05) is 0 Å². The summed E-state index contributed by atoms with van der Waals surface area (Å²) in [5.41, 5.74) is -2.48. The average molecular weight is 439 g/mol. The summed E-state index contributed by atoms with van der Waals surface area (Å²) in [7, 11) is 0. The first kappa shape index (κ1) is 20.7. The molecule has 1 aliphatic rings. The summed E-state index contributed by atoms with van der Waals surface area (Å²) in [6, 6.07) is 7.36. The fourth-order valence-corrected chi connectivity index (χ4v) is 3.06. The van der Waals surface area contributed by atoms with Crippen molar-refractivity contribution in [3.8, 4) is 11.6 Å². The lowest BCUT2D eigenvalue weighted by atomic mass is 9.85. The molecule has 3 aromatic rings. The first-order chi connectivity index (χ1) is 14.5. The molecule has 1 aromatic carbocycles. The zero-order chi connectivity index (χ0) is 22.4. The molecule has 162 valence electrons. The van der Waals surface area contributed by atoms with Crippen LogP contribution in [0, 0.1) is 0 Å². The molecular weight excluding hydrogens is 425 g/mol. The van der Waals surface area contributed by atoms with Crippen molar-refractivity contribution in [3.63, 3.8) is 0 Å². The molecule has 1 fully saturated rings. The third-order valence-electron chi connectivity index (χ3n) is 5.01. The Kier molecular flexibility index (Phi) is 4.67. The lowest BCUT2D eigenvalue weighted by Gasteiger charge is -2.23. The van der Waals surface area contributed by atoms with Crippen LogP contribution in [0.2, 0.25) is 0 Å². The second-order valence-corrected chi connectivity index (χ2v) is 7.02. The monoisotopic (exact) mass is 439 g/mol.